The third kappa shape index (κ3) is 4.20. The second-order valence-corrected chi connectivity index (χ2v) is 6.29. The number of halogens is 1. The zero-order valence-corrected chi connectivity index (χ0v) is 14.6. The van der Waals surface area contributed by atoms with Gasteiger partial charge in [0.15, 0.2) is 5.78 Å². The predicted molar refractivity (Wildman–Crippen MR) is 97.0 cm³/mol. The number of urea groups is 1. The van der Waals surface area contributed by atoms with E-state index in [0.717, 1.165) is 0 Å². The van der Waals surface area contributed by atoms with Crippen LogP contribution < -0.4 is 10.1 Å². The van der Waals surface area contributed by atoms with Crippen molar-refractivity contribution in [2.45, 2.75) is 12.8 Å². The Morgan fingerprint density at radius 2 is 1.81 bits per heavy atom. The van der Waals surface area contributed by atoms with E-state index in [9.17, 15) is 14.0 Å². The van der Waals surface area contributed by atoms with E-state index in [1.165, 1.54) is 24.3 Å². The third-order valence-electron chi connectivity index (χ3n) is 4.60. The van der Waals surface area contributed by atoms with Crippen LogP contribution in [0.2, 0.25) is 0 Å². The van der Waals surface area contributed by atoms with E-state index in [1.807, 2.05) is 12.1 Å². The number of Topliss-reactive ketones (excluding diaryl/α,β-unsaturated/α-hetero) is 1. The number of hydrogen-bond donors (Lipinski definition) is 1. The molecule has 1 fully saturated rings. The number of carbonyl (C=O) groups is 2. The Morgan fingerprint density at radius 1 is 1.12 bits per heavy atom. The first-order valence-corrected chi connectivity index (χ1v) is 8.56. The van der Waals surface area contributed by atoms with Gasteiger partial charge in [0.1, 0.15) is 11.6 Å². The molecule has 0 radical (unpaired) electrons. The van der Waals surface area contributed by atoms with Crippen molar-refractivity contribution in [3.63, 3.8) is 0 Å². The van der Waals surface area contributed by atoms with Crippen molar-refractivity contribution >= 4 is 17.5 Å². The van der Waals surface area contributed by atoms with Crippen molar-refractivity contribution in [2.24, 2.45) is 5.92 Å². The predicted octanol–water partition coefficient (Wildman–Crippen LogP) is 3.96. The molecular weight excluding hydrogens is 335 g/mol. The molecule has 1 N–H and O–H groups in total. The number of anilines is 1. The molecule has 26 heavy (non-hydrogen) atoms. The molecule has 0 bridgehead atoms. The summed E-state index contributed by atoms with van der Waals surface area (Å²) in [5.41, 5.74) is 1.18. The Balaban J connectivity index is 1.55. The monoisotopic (exact) mass is 356 g/mol. The van der Waals surface area contributed by atoms with Gasteiger partial charge in [-0.05, 0) is 49.2 Å². The molecule has 1 aliphatic heterocycles. The van der Waals surface area contributed by atoms with Gasteiger partial charge in [-0.25, -0.2) is 9.18 Å². The summed E-state index contributed by atoms with van der Waals surface area (Å²) in [6.07, 6.45) is 1.20. The molecule has 2 amide bonds. The van der Waals surface area contributed by atoms with Gasteiger partial charge in [-0.2, -0.15) is 0 Å². The number of benzene rings is 2. The van der Waals surface area contributed by atoms with Crippen LogP contribution >= 0.6 is 0 Å². The molecular formula is C20H21FN2O3. The van der Waals surface area contributed by atoms with Crippen molar-refractivity contribution in [2.75, 3.05) is 25.5 Å². The summed E-state index contributed by atoms with van der Waals surface area (Å²) >= 11 is 0. The fourth-order valence-corrected chi connectivity index (χ4v) is 3.10. The maximum absolute atomic E-state index is 13.0. The van der Waals surface area contributed by atoms with Gasteiger partial charge in [-0.3, -0.25) is 4.79 Å². The second kappa shape index (κ2) is 7.99. The normalized spacial score (nSPS) is 14.8. The summed E-state index contributed by atoms with van der Waals surface area (Å²) < 4.78 is 18.1. The Bertz CT molecular complexity index is 784. The molecule has 3 rings (SSSR count). The molecule has 136 valence electrons. The Hall–Kier alpha value is -2.89. The van der Waals surface area contributed by atoms with Crippen LogP contribution in [-0.4, -0.2) is 36.9 Å². The van der Waals surface area contributed by atoms with Gasteiger partial charge in [0.2, 0.25) is 0 Å². The lowest BCUT2D eigenvalue weighted by molar-refractivity contribution is 0.0859. The summed E-state index contributed by atoms with van der Waals surface area (Å²) in [5.74, 6) is 0.191. The number of ether oxygens (including phenoxy) is 1. The lowest BCUT2D eigenvalue weighted by atomic mass is 9.89. The number of likely N-dealkylation sites (tertiary alicyclic amines) is 1. The first kappa shape index (κ1) is 17.9. The molecule has 6 heteroatoms. The van der Waals surface area contributed by atoms with Gasteiger partial charge in [0, 0.05) is 36.3 Å². The van der Waals surface area contributed by atoms with Crippen LogP contribution in [0.1, 0.15) is 23.2 Å². The zero-order valence-electron chi connectivity index (χ0n) is 14.6. The van der Waals surface area contributed by atoms with E-state index >= 15 is 0 Å². The van der Waals surface area contributed by atoms with Gasteiger partial charge >= 0.3 is 6.03 Å². The lowest BCUT2D eigenvalue weighted by Gasteiger charge is -2.31. The van der Waals surface area contributed by atoms with Crippen LogP contribution in [0.3, 0.4) is 0 Å². The minimum absolute atomic E-state index is 0.0119. The molecule has 1 heterocycles. The highest BCUT2D eigenvalue weighted by molar-refractivity contribution is 5.98. The average molecular weight is 356 g/mol. The minimum Gasteiger partial charge on any atom is -0.497 e. The number of rotatable bonds is 4. The molecule has 1 aliphatic rings. The first-order chi connectivity index (χ1) is 12.6. The van der Waals surface area contributed by atoms with Crippen molar-refractivity contribution in [3.8, 4) is 5.75 Å². The van der Waals surface area contributed by atoms with Crippen LogP contribution in [0.15, 0.2) is 48.5 Å². The summed E-state index contributed by atoms with van der Waals surface area (Å²) in [4.78, 5) is 26.6. The van der Waals surface area contributed by atoms with Gasteiger partial charge in [0.05, 0.1) is 7.11 Å². The Kier molecular flexibility index (Phi) is 5.51. The third-order valence-corrected chi connectivity index (χ3v) is 4.60. The standard InChI is InChI=1S/C20H21FN2O3/c1-26-18-4-2-3-17(13-18)22-20(25)23-11-9-15(10-12-23)19(24)14-5-7-16(21)8-6-14/h2-8,13,15H,9-12H2,1H3,(H,22,25). The summed E-state index contributed by atoms with van der Waals surface area (Å²) in [7, 11) is 1.57. The number of ketones is 1. The highest BCUT2D eigenvalue weighted by Crippen LogP contribution is 2.23. The molecule has 0 aromatic heterocycles. The number of hydrogen-bond acceptors (Lipinski definition) is 3. The van der Waals surface area contributed by atoms with E-state index in [2.05, 4.69) is 5.32 Å². The fraction of sp³-hybridized carbons (Fsp3) is 0.300. The molecule has 1 saturated heterocycles. The Labute approximate surface area is 151 Å². The number of carbonyl (C=O) groups excluding carboxylic acids is 2. The largest absolute Gasteiger partial charge is 0.497 e. The Morgan fingerprint density at radius 3 is 2.46 bits per heavy atom. The van der Waals surface area contributed by atoms with Gasteiger partial charge in [-0.15, -0.1) is 0 Å². The van der Waals surface area contributed by atoms with Crippen LogP contribution in [0.25, 0.3) is 0 Å². The fourth-order valence-electron chi connectivity index (χ4n) is 3.10. The molecule has 0 aliphatic carbocycles. The van der Waals surface area contributed by atoms with Crippen LogP contribution in [0.4, 0.5) is 14.9 Å². The molecule has 2 aromatic rings. The van der Waals surface area contributed by atoms with Crippen LogP contribution in [0, 0.1) is 11.7 Å². The van der Waals surface area contributed by atoms with Crippen molar-refractivity contribution in [1.29, 1.82) is 0 Å². The average Bonchev–Trinajstić information content (AvgIpc) is 2.68. The number of amides is 2. The molecule has 0 atom stereocenters. The lowest BCUT2D eigenvalue weighted by Crippen LogP contribution is -2.42. The maximum atomic E-state index is 13.0. The maximum Gasteiger partial charge on any atom is 0.321 e. The van der Waals surface area contributed by atoms with Crippen LogP contribution in [-0.2, 0) is 0 Å². The SMILES string of the molecule is COc1cccc(NC(=O)N2CCC(C(=O)c3ccc(F)cc3)CC2)c1. The van der Waals surface area contributed by atoms with E-state index in [4.69, 9.17) is 4.74 Å². The molecule has 0 spiro atoms. The van der Waals surface area contributed by atoms with E-state index in [-0.39, 0.29) is 23.5 Å². The smallest absolute Gasteiger partial charge is 0.321 e. The number of nitrogens with one attached hydrogen (secondary N) is 1. The van der Waals surface area contributed by atoms with Gasteiger partial charge in [-0.1, -0.05) is 6.07 Å². The minimum atomic E-state index is -0.356. The highest BCUT2D eigenvalue weighted by Gasteiger charge is 2.28. The van der Waals surface area contributed by atoms with E-state index in [1.54, 1.807) is 24.1 Å². The van der Waals surface area contributed by atoms with Crippen molar-refractivity contribution < 1.29 is 18.7 Å². The highest BCUT2D eigenvalue weighted by atomic mass is 19.1. The first-order valence-electron chi connectivity index (χ1n) is 8.56. The molecule has 0 saturated carbocycles. The van der Waals surface area contributed by atoms with Crippen molar-refractivity contribution in [1.82, 2.24) is 4.90 Å². The number of methoxy groups -OCH3 is 1. The van der Waals surface area contributed by atoms with Crippen LogP contribution in [0.5, 0.6) is 5.75 Å². The van der Waals surface area contributed by atoms with E-state index in [0.29, 0.717) is 42.9 Å². The summed E-state index contributed by atoms with van der Waals surface area (Å²) in [5, 5.41) is 2.85. The second-order valence-electron chi connectivity index (χ2n) is 6.29. The molecule has 0 unspecified atom stereocenters. The summed E-state index contributed by atoms with van der Waals surface area (Å²) in [6, 6.07) is 12.6. The number of piperidine rings is 1. The zero-order chi connectivity index (χ0) is 18.5. The quantitative estimate of drug-likeness (QED) is 0.844. The molecule has 5 nitrogen and oxygen atoms in total. The van der Waals surface area contributed by atoms with Gasteiger partial charge < -0.3 is 15.0 Å². The van der Waals surface area contributed by atoms with Crippen molar-refractivity contribution in [3.05, 3.63) is 59.9 Å². The summed E-state index contributed by atoms with van der Waals surface area (Å²) in [6.45, 7) is 1.01. The number of nitrogens with zero attached hydrogens (tertiary/aromatic N) is 1. The van der Waals surface area contributed by atoms with Gasteiger partial charge in [0.25, 0.3) is 0 Å². The molecule has 2 aromatic carbocycles. The topological polar surface area (TPSA) is 58.6 Å². The van der Waals surface area contributed by atoms with E-state index < -0.39 is 0 Å².